The van der Waals surface area contributed by atoms with Gasteiger partial charge in [0.15, 0.2) is 4.77 Å². The molecule has 0 radical (unpaired) electrons. The highest BCUT2D eigenvalue weighted by atomic mass is 32.1. The van der Waals surface area contributed by atoms with Crippen LogP contribution in [0.3, 0.4) is 0 Å². The minimum Gasteiger partial charge on any atom is -0.390 e. The smallest absolute Gasteiger partial charge is 0.177 e. The second-order valence-corrected chi connectivity index (χ2v) is 4.99. The first-order valence-corrected chi connectivity index (χ1v) is 6.18. The Balaban J connectivity index is 2.03. The van der Waals surface area contributed by atoms with Gasteiger partial charge in [0, 0.05) is 12.7 Å². The molecule has 90 valence electrons. The Hall–Kier alpha value is -0.650. The van der Waals surface area contributed by atoms with Gasteiger partial charge in [0.25, 0.3) is 0 Å². The first-order chi connectivity index (χ1) is 7.70. The fraction of sp³-hybridized carbons (Fsp3) is 0.727. The van der Waals surface area contributed by atoms with Gasteiger partial charge in [0.1, 0.15) is 0 Å². The highest BCUT2D eigenvalue weighted by Gasteiger charge is 2.18. The average Bonchev–Trinajstić information content (AvgIpc) is 2.63. The fourth-order valence-corrected chi connectivity index (χ4v) is 2.52. The zero-order valence-electron chi connectivity index (χ0n) is 9.65. The Morgan fingerprint density at radius 2 is 2.19 bits per heavy atom. The van der Waals surface area contributed by atoms with Crippen LogP contribution in [0.2, 0.25) is 0 Å². The number of aromatic nitrogens is 2. The minimum absolute atomic E-state index is 0.0553. The molecular formula is C11H19N3OS. The average molecular weight is 241 g/mol. The monoisotopic (exact) mass is 241 g/mol. The maximum absolute atomic E-state index is 9.21. The summed E-state index contributed by atoms with van der Waals surface area (Å²) in [6.45, 7) is 3.32. The third kappa shape index (κ3) is 2.53. The lowest BCUT2D eigenvalue weighted by Gasteiger charge is -2.29. The number of piperidine rings is 1. The molecule has 2 rings (SSSR count). The lowest BCUT2D eigenvalue weighted by molar-refractivity contribution is 0.200. The number of rotatable bonds is 3. The molecule has 2 heterocycles. The summed E-state index contributed by atoms with van der Waals surface area (Å²) in [6, 6.07) is 0. The molecule has 16 heavy (non-hydrogen) atoms. The molecule has 0 aliphatic carbocycles. The molecule has 1 aromatic rings. The summed E-state index contributed by atoms with van der Waals surface area (Å²) in [5, 5.41) is 9.21. The molecule has 1 aliphatic rings. The number of H-pyrrole nitrogens is 1. The first-order valence-electron chi connectivity index (χ1n) is 5.77. The third-order valence-electron chi connectivity index (χ3n) is 3.40. The van der Waals surface area contributed by atoms with Crippen molar-refractivity contribution in [3.05, 3.63) is 16.7 Å². The van der Waals surface area contributed by atoms with Crippen LogP contribution < -0.4 is 0 Å². The molecule has 5 heteroatoms. The summed E-state index contributed by atoms with van der Waals surface area (Å²) in [5.41, 5.74) is 0.893. The van der Waals surface area contributed by atoms with Crippen molar-refractivity contribution in [1.29, 1.82) is 0 Å². The molecule has 1 aromatic heterocycles. The molecule has 1 aliphatic heterocycles. The SMILES string of the molecule is CN1CCC(Cn2c(CO)c[nH]c2=S)CC1. The fourth-order valence-electron chi connectivity index (χ4n) is 2.27. The lowest BCUT2D eigenvalue weighted by Crippen LogP contribution is -2.32. The standard InChI is InChI=1S/C11H19N3OS/c1-13-4-2-9(3-5-13)7-14-10(8-15)6-12-11(14)16/h6,9,15H,2-5,7-8H2,1H3,(H,12,16). The van der Waals surface area contributed by atoms with E-state index in [4.69, 9.17) is 12.2 Å². The van der Waals surface area contributed by atoms with E-state index in [9.17, 15) is 5.11 Å². The predicted molar refractivity (Wildman–Crippen MR) is 65.8 cm³/mol. The lowest BCUT2D eigenvalue weighted by atomic mass is 9.97. The van der Waals surface area contributed by atoms with E-state index in [2.05, 4.69) is 16.9 Å². The molecule has 1 fully saturated rings. The molecule has 0 saturated carbocycles. The Morgan fingerprint density at radius 1 is 1.50 bits per heavy atom. The number of imidazole rings is 1. The summed E-state index contributed by atoms with van der Waals surface area (Å²) in [4.78, 5) is 5.35. The zero-order chi connectivity index (χ0) is 11.5. The Morgan fingerprint density at radius 3 is 2.81 bits per heavy atom. The molecule has 0 amide bonds. The molecule has 4 nitrogen and oxygen atoms in total. The first kappa shape index (κ1) is 11.8. The second-order valence-electron chi connectivity index (χ2n) is 4.60. The zero-order valence-corrected chi connectivity index (χ0v) is 10.5. The van der Waals surface area contributed by atoms with Crippen LogP contribution >= 0.6 is 12.2 Å². The van der Waals surface area contributed by atoms with Crippen molar-refractivity contribution in [2.45, 2.75) is 26.0 Å². The van der Waals surface area contributed by atoms with Gasteiger partial charge in [-0.2, -0.15) is 0 Å². The highest BCUT2D eigenvalue weighted by Crippen LogP contribution is 2.19. The highest BCUT2D eigenvalue weighted by molar-refractivity contribution is 7.71. The molecule has 0 aromatic carbocycles. The molecule has 1 saturated heterocycles. The normalized spacial score (nSPS) is 19.1. The van der Waals surface area contributed by atoms with E-state index in [1.165, 1.54) is 12.8 Å². The number of aliphatic hydroxyl groups excluding tert-OH is 1. The van der Waals surface area contributed by atoms with Gasteiger partial charge in [-0.25, -0.2) is 0 Å². The quantitative estimate of drug-likeness (QED) is 0.786. The van der Waals surface area contributed by atoms with Gasteiger partial charge in [-0.1, -0.05) is 0 Å². The van der Waals surface area contributed by atoms with Gasteiger partial charge in [-0.3, -0.25) is 0 Å². The van der Waals surface area contributed by atoms with Gasteiger partial charge in [0.05, 0.1) is 12.3 Å². The summed E-state index contributed by atoms with van der Waals surface area (Å²) in [7, 11) is 2.16. The number of aromatic amines is 1. The minimum atomic E-state index is 0.0553. The predicted octanol–water partition coefficient (Wildman–Crippen LogP) is 1.38. The van der Waals surface area contributed by atoms with E-state index in [0.717, 1.165) is 30.1 Å². The van der Waals surface area contributed by atoms with Crippen molar-refractivity contribution < 1.29 is 5.11 Å². The van der Waals surface area contributed by atoms with Gasteiger partial charge in [-0.15, -0.1) is 0 Å². The number of hydrogen-bond donors (Lipinski definition) is 2. The van der Waals surface area contributed by atoms with E-state index in [0.29, 0.717) is 5.92 Å². The molecule has 0 bridgehead atoms. The van der Waals surface area contributed by atoms with Crippen LogP contribution in [-0.2, 0) is 13.2 Å². The maximum atomic E-state index is 9.21. The van der Waals surface area contributed by atoms with Crippen molar-refractivity contribution >= 4 is 12.2 Å². The Labute approximate surface area is 101 Å². The van der Waals surface area contributed by atoms with E-state index >= 15 is 0 Å². The van der Waals surface area contributed by atoms with E-state index in [-0.39, 0.29) is 6.61 Å². The van der Waals surface area contributed by atoms with Crippen LogP contribution in [0.15, 0.2) is 6.20 Å². The molecule has 0 atom stereocenters. The van der Waals surface area contributed by atoms with Crippen LogP contribution in [-0.4, -0.2) is 39.7 Å². The Kier molecular flexibility index (Phi) is 3.78. The number of aliphatic hydroxyl groups is 1. The number of nitrogens with one attached hydrogen (secondary N) is 1. The van der Waals surface area contributed by atoms with E-state index < -0.39 is 0 Å². The number of likely N-dealkylation sites (tertiary alicyclic amines) is 1. The largest absolute Gasteiger partial charge is 0.390 e. The van der Waals surface area contributed by atoms with Crippen molar-refractivity contribution in [3.8, 4) is 0 Å². The Bertz CT molecular complexity index is 390. The van der Waals surface area contributed by atoms with Gasteiger partial charge >= 0.3 is 0 Å². The molecule has 2 N–H and O–H groups in total. The van der Waals surface area contributed by atoms with Crippen LogP contribution in [0.5, 0.6) is 0 Å². The maximum Gasteiger partial charge on any atom is 0.177 e. The van der Waals surface area contributed by atoms with Crippen molar-refractivity contribution in [1.82, 2.24) is 14.5 Å². The van der Waals surface area contributed by atoms with Crippen molar-refractivity contribution in [2.75, 3.05) is 20.1 Å². The molecule has 0 unspecified atom stereocenters. The van der Waals surface area contributed by atoms with Crippen LogP contribution in [0.25, 0.3) is 0 Å². The van der Waals surface area contributed by atoms with Crippen molar-refractivity contribution in [2.24, 2.45) is 5.92 Å². The van der Waals surface area contributed by atoms with Gasteiger partial charge in [-0.05, 0) is 51.1 Å². The van der Waals surface area contributed by atoms with Gasteiger partial charge in [0.2, 0.25) is 0 Å². The van der Waals surface area contributed by atoms with E-state index in [1.807, 2.05) is 4.57 Å². The topological polar surface area (TPSA) is 44.2 Å². The summed E-state index contributed by atoms with van der Waals surface area (Å²) < 4.78 is 2.76. The summed E-state index contributed by atoms with van der Waals surface area (Å²) in [6.07, 6.45) is 4.24. The van der Waals surface area contributed by atoms with Crippen LogP contribution in [0.1, 0.15) is 18.5 Å². The summed E-state index contributed by atoms with van der Waals surface area (Å²) in [5.74, 6) is 0.684. The number of hydrogen-bond acceptors (Lipinski definition) is 3. The van der Waals surface area contributed by atoms with Crippen LogP contribution in [0, 0.1) is 10.7 Å². The van der Waals surface area contributed by atoms with Crippen molar-refractivity contribution in [3.63, 3.8) is 0 Å². The number of nitrogens with zero attached hydrogens (tertiary/aromatic N) is 2. The summed E-state index contributed by atoms with van der Waals surface area (Å²) >= 11 is 5.22. The molecular weight excluding hydrogens is 222 g/mol. The van der Waals surface area contributed by atoms with Crippen LogP contribution in [0.4, 0.5) is 0 Å². The van der Waals surface area contributed by atoms with Gasteiger partial charge < -0.3 is 19.6 Å². The second kappa shape index (κ2) is 5.12. The van der Waals surface area contributed by atoms with E-state index in [1.54, 1.807) is 6.20 Å². The molecule has 0 spiro atoms. The third-order valence-corrected chi connectivity index (χ3v) is 3.73.